The van der Waals surface area contributed by atoms with Crippen LogP contribution in [0.5, 0.6) is 11.5 Å². The molecule has 0 fully saturated rings. The molecule has 3 rings (SSSR count). The summed E-state index contributed by atoms with van der Waals surface area (Å²) in [5.41, 5.74) is 5.10. The van der Waals surface area contributed by atoms with Gasteiger partial charge in [0.2, 0.25) is 0 Å². The zero-order chi connectivity index (χ0) is 23.1. The number of halogens is 1. The summed E-state index contributed by atoms with van der Waals surface area (Å²) in [5.74, 6) is 0.0439. The fraction of sp³-hybridized carbons (Fsp3) is 0.0909. The lowest BCUT2D eigenvalue weighted by atomic mass is 10.1. The summed E-state index contributed by atoms with van der Waals surface area (Å²) in [5, 5.41) is 24.0. The van der Waals surface area contributed by atoms with Gasteiger partial charge in [0.05, 0.1) is 33.1 Å². The molecular weight excluding hydrogens is 529 g/mol. The van der Waals surface area contributed by atoms with Gasteiger partial charge in [-0.15, -0.1) is 0 Å². The van der Waals surface area contributed by atoms with Crippen LogP contribution in [0.1, 0.15) is 21.5 Å². The number of carboxylic acid groups (broad SMARTS) is 1. The molecule has 0 aliphatic carbocycles. The molecule has 9 nitrogen and oxygen atoms in total. The third-order valence-corrected chi connectivity index (χ3v) is 5.10. The van der Waals surface area contributed by atoms with E-state index in [1.165, 1.54) is 25.3 Å². The van der Waals surface area contributed by atoms with Gasteiger partial charge in [-0.3, -0.25) is 15.5 Å². The highest BCUT2D eigenvalue weighted by atomic mass is 127. The van der Waals surface area contributed by atoms with Crippen molar-refractivity contribution in [3.8, 4) is 11.5 Å². The van der Waals surface area contributed by atoms with E-state index in [9.17, 15) is 14.9 Å². The molecule has 0 atom stereocenters. The van der Waals surface area contributed by atoms with Crippen molar-refractivity contribution in [2.45, 2.75) is 6.61 Å². The molecule has 0 radical (unpaired) electrons. The van der Waals surface area contributed by atoms with E-state index < -0.39 is 10.9 Å². The number of nitrogens with one attached hydrogen (secondary N) is 1. The number of aromatic carboxylic acids is 1. The van der Waals surface area contributed by atoms with Crippen molar-refractivity contribution in [1.29, 1.82) is 0 Å². The number of methoxy groups -OCH3 is 1. The number of carboxylic acids is 1. The van der Waals surface area contributed by atoms with Gasteiger partial charge in [0.15, 0.2) is 11.5 Å². The third kappa shape index (κ3) is 5.94. The van der Waals surface area contributed by atoms with E-state index in [1.54, 1.807) is 42.6 Å². The van der Waals surface area contributed by atoms with Crippen LogP contribution in [0.25, 0.3) is 0 Å². The number of benzene rings is 3. The van der Waals surface area contributed by atoms with Crippen molar-refractivity contribution >= 4 is 46.1 Å². The second-order valence-electron chi connectivity index (χ2n) is 6.50. The molecule has 2 N–H and O–H groups in total. The second kappa shape index (κ2) is 10.6. The van der Waals surface area contributed by atoms with Crippen LogP contribution in [0, 0.1) is 13.7 Å². The topological polar surface area (TPSA) is 123 Å². The molecule has 0 saturated carbocycles. The lowest BCUT2D eigenvalue weighted by Crippen LogP contribution is -2.03. The van der Waals surface area contributed by atoms with E-state index in [4.69, 9.17) is 14.6 Å². The minimum Gasteiger partial charge on any atom is -0.493 e. The standard InChI is InChI=1S/C22H18IN3O6/c1-31-20-11-15(12-24-25-17-5-7-18(8-6-17)26(29)30)10-19(23)21(20)32-13-14-3-2-4-16(9-14)22(27)28/h2-12,25H,13H2,1H3,(H,27,28)/b24-12+. The Hall–Kier alpha value is -3.67. The minimum atomic E-state index is -0.995. The SMILES string of the molecule is COc1cc(/C=N/Nc2ccc([N+](=O)[O-])cc2)cc(I)c1OCc1cccc(C(=O)O)c1. The third-order valence-electron chi connectivity index (χ3n) is 4.29. The molecule has 0 amide bonds. The number of non-ortho nitro benzene ring substituents is 1. The Bertz CT molecular complexity index is 1160. The predicted octanol–water partition coefficient (Wildman–Crippen LogP) is 4.93. The van der Waals surface area contributed by atoms with Crippen LogP contribution in [0.15, 0.2) is 65.8 Å². The lowest BCUT2D eigenvalue weighted by Gasteiger charge is -2.14. The molecule has 0 unspecified atom stereocenters. The summed E-state index contributed by atoms with van der Waals surface area (Å²) in [4.78, 5) is 21.4. The van der Waals surface area contributed by atoms with E-state index in [0.717, 1.165) is 14.7 Å². The first-order valence-corrected chi connectivity index (χ1v) is 10.3. The van der Waals surface area contributed by atoms with Crippen molar-refractivity contribution < 1.29 is 24.3 Å². The summed E-state index contributed by atoms with van der Waals surface area (Å²) in [6.45, 7) is 0.183. The maximum absolute atomic E-state index is 11.1. The molecule has 32 heavy (non-hydrogen) atoms. The van der Waals surface area contributed by atoms with Crippen LogP contribution in [-0.2, 0) is 6.61 Å². The summed E-state index contributed by atoms with van der Waals surface area (Å²) in [7, 11) is 1.53. The summed E-state index contributed by atoms with van der Waals surface area (Å²) in [6, 6.07) is 16.1. The minimum absolute atomic E-state index is 0.00379. The van der Waals surface area contributed by atoms with Crippen LogP contribution < -0.4 is 14.9 Å². The zero-order valence-corrected chi connectivity index (χ0v) is 19.0. The van der Waals surface area contributed by atoms with Crippen LogP contribution in [0.3, 0.4) is 0 Å². The maximum Gasteiger partial charge on any atom is 0.335 e. The number of anilines is 1. The second-order valence-corrected chi connectivity index (χ2v) is 7.66. The number of nitro groups is 1. The van der Waals surface area contributed by atoms with Gasteiger partial charge in [-0.05, 0) is 70.1 Å². The average Bonchev–Trinajstić information content (AvgIpc) is 2.78. The van der Waals surface area contributed by atoms with Gasteiger partial charge in [-0.2, -0.15) is 5.10 Å². The molecule has 10 heteroatoms. The Morgan fingerprint density at radius 1 is 1.22 bits per heavy atom. The number of rotatable bonds is 9. The van der Waals surface area contributed by atoms with E-state index in [0.29, 0.717) is 17.2 Å². The van der Waals surface area contributed by atoms with Crippen molar-refractivity contribution in [2.75, 3.05) is 12.5 Å². The number of hydrazone groups is 1. The molecule has 0 aliphatic heterocycles. The van der Waals surface area contributed by atoms with Crippen LogP contribution >= 0.6 is 22.6 Å². The molecule has 0 aromatic heterocycles. The predicted molar refractivity (Wildman–Crippen MR) is 128 cm³/mol. The Labute approximate surface area is 197 Å². The van der Waals surface area contributed by atoms with Crippen LogP contribution in [0.4, 0.5) is 11.4 Å². The van der Waals surface area contributed by atoms with Gasteiger partial charge in [-0.1, -0.05) is 12.1 Å². The molecule has 0 aliphatic rings. The Balaban J connectivity index is 1.70. The first-order chi connectivity index (χ1) is 15.4. The number of hydrogen-bond acceptors (Lipinski definition) is 7. The largest absolute Gasteiger partial charge is 0.493 e. The van der Waals surface area contributed by atoms with Gasteiger partial charge in [0.1, 0.15) is 6.61 Å². The maximum atomic E-state index is 11.1. The average molecular weight is 547 g/mol. The number of nitro benzene ring substituents is 1. The first-order valence-electron chi connectivity index (χ1n) is 9.23. The monoisotopic (exact) mass is 547 g/mol. The molecule has 3 aromatic rings. The Kier molecular flexibility index (Phi) is 7.60. The molecule has 0 saturated heterocycles. The normalized spacial score (nSPS) is 10.7. The van der Waals surface area contributed by atoms with Crippen LogP contribution in [0.2, 0.25) is 0 Å². The fourth-order valence-corrected chi connectivity index (χ4v) is 3.52. The lowest BCUT2D eigenvalue weighted by molar-refractivity contribution is -0.384. The molecule has 0 spiro atoms. The smallest absolute Gasteiger partial charge is 0.335 e. The number of nitrogens with zero attached hydrogens (tertiary/aromatic N) is 2. The highest BCUT2D eigenvalue weighted by Crippen LogP contribution is 2.34. The van der Waals surface area contributed by atoms with Gasteiger partial charge in [0.25, 0.3) is 5.69 Å². The van der Waals surface area contributed by atoms with Crippen molar-refractivity contribution in [3.05, 3.63) is 91.0 Å². The van der Waals surface area contributed by atoms with E-state index in [-0.39, 0.29) is 17.9 Å². The quantitative estimate of drug-likeness (QED) is 0.169. The van der Waals surface area contributed by atoms with E-state index in [2.05, 4.69) is 33.1 Å². The fourth-order valence-electron chi connectivity index (χ4n) is 2.74. The highest BCUT2D eigenvalue weighted by Gasteiger charge is 2.12. The molecule has 164 valence electrons. The molecule has 0 heterocycles. The van der Waals surface area contributed by atoms with Crippen molar-refractivity contribution in [2.24, 2.45) is 5.10 Å². The molecular formula is C22H18IN3O6. The zero-order valence-electron chi connectivity index (χ0n) is 16.8. The number of carbonyl (C=O) groups is 1. The highest BCUT2D eigenvalue weighted by molar-refractivity contribution is 14.1. The van der Waals surface area contributed by atoms with E-state index in [1.807, 2.05) is 6.07 Å². The Morgan fingerprint density at radius 2 is 1.97 bits per heavy atom. The van der Waals surface area contributed by atoms with Gasteiger partial charge >= 0.3 is 5.97 Å². The summed E-state index contributed by atoms with van der Waals surface area (Å²) in [6.07, 6.45) is 1.59. The number of ether oxygens (including phenoxy) is 2. The summed E-state index contributed by atoms with van der Waals surface area (Å²) < 4.78 is 12.1. The summed E-state index contributed by atoms with van der Waals surface area (Å²) >= 11 is 2.12. The van der Waals surface area contributed by atoms with Gasteiger partial charge in [0, 0.05) is 12.1 Å². The Morgan fingerprint density at radius 3 is 2.62 bits per heavy atom. The van der Waals surface area contributed by atoms with Gasteiger partial charge in [-0.25, -0.2) is 4.79 Å². The number of hydrogen-bond donors (Lipinski definition) is 2. The first kappa shape index (κ1) is 23.0. The van der Waals surface area contributed by atoms with Crippen molar-refractivity contribution in [3.63, 3.8) is 0 Å². The van der Waals surface area contributed by atoms with Crippen LogP contribution in [-0.4, -0.2) is 29.3 Å². The van der Waals surface area contributed by atoms with Gasteiger partial charge < -0.3 is 14.6 Å². The van der Waals surface area contributed by atoms with E-state index >= 15 is 0 Å². The van der Waals surface area contributed by atoms with Crippen molar-refractivity contribution in [1.82, 2.24) is 0 Å². The molecule has 0 bridgehead atoms. The molecule has 3 aromatic carbocycles.